The minimum atomic E-state index is -0.314. The van der Waals surface area contributed by atoms with Gasteiger partial charge in [0, 0.05) is 18.3 Å². The molecule has 2 rings (SSSR count). The van der Waals surface area contributed by atoms with E-state index in [1.807, 2.05) is 30.3 Å². The van der Waals surface area contributed by atoms with Crippen LogP contribution in [0.2, 0.25) is 0 Å². The van der Waals surface area contributed by atoms with E-state index in [0.717, 1.165) is 25.7 Å². The van der Waals surface area contributed by atoms with E-state index < -0.39 is 0 Å². The highest BCUT2D eigenvalue weighted by Crippen LogP contribution is 2.33. The highest BCUT2D eigenvalue weighted by atomic mass is 16.1. The van der Waals surface area contributed by atoms with Gasteiger partial charge in [-0.2, -0.15) is 0 Å². The van der Waals surface area contributed by atoms with E-state index >= 15 is 0 Å². The van der Waals surface area contributed by atoms with Crippen molar-refractivity contribution in [2.24, 2.45) is 17.6 Å². The van der Waals surface area contributed by atoms with Crippen LogP contribution in [0.4, 0.5) is 0 Å². The van der Waals surface area contributed by atoms with Crippen LogP contribution < -0.4 is 5.73 Å². The van der Waals surface area contributed by atoms with Gasteiger partial charge in [-0.25, -0.2) is 0 Å². The molecule has 0 aromatic heterocycles. The zero-order valence-electron chi connectivity index (χ0n) is 10.5. The van der Waals surface area contributed by atoms with Gasteiger partial charge in [-0.05, 0) is 24.8 Å². The molecule has 2 N–H and O–H groups in total. The molecule has 18 heavy (non-hydrogen) atoms. The molecular formula is C15H19NO2. The molecule has 0 saturated heterocycles. The zero-order chi connectivity index (χ0) is 13.0. The molecule has 2 atom stereocenters. The van der Waals surface area contributed by atoms with E-state index in [0.29, 0.717) is 6.42 Å². The lowest BCUT2D eigenvalue weighted by molar-refractivity contribution is -0.130. The molecule has 0 heterocycles. The van der Waals surface area contributed by atoms with E-state index in [4.69, 9.17) is 5.73 Å². The Labute approximate surface area is 107 Å². The first kappa shape index (κ1) is 12.8. The molecule has 3 heteroatoms. The number of benzene rings is 1. The molecule has 1 aliphatic carbocycles. The lowest BCUT2D eigenvalue weighted by Crippen LogP contribution is -2.30. The Morgan fingerprint density at radius 1 is 1.11 bits per heavy atom. The number of Topliss-reactive ketones (excluding diaryl/α,β-unsaturated/α-hetero) is 1. The SMILES string of the molecule is NC(=O)[C@@H]1CCC[C@@H]1C(=O)CCc1ccccc1. The van der Waals surface area contributed by atoms with Gasteiger partial charge >= 0.3 is 0 Å². The molecule has 1 saturated carbocycles. The number of amides is 1. The maximum Gasteiger partial charge on any atom is 0.221 e. The van der Waals surface area contributed by atoms with Crippen LogP contribution in [0, 0.1) is 11.8 Å². The van der Waals surface area contributed by atoms with Crippen molar-refractivity contribution < 1.29 is 9.59 Å². The van der Waals surface area contributed by atoms with Gasteiger partial charge in [-0.3, -0.25) is 9.59 Å². The Hall–Kier alpha value is -1.64. The van der Waals surface area contributed by atoms with E-state index in [1.165, 1.54) is 5.56 Å². The second-order valence-corrected chi connectivity index (χ2v) is 5.00. The summed E-state index contributed by atoms with van der Waals surface area (Å²) in [7, 11) is 0. The summed E-state index contributed by atoms with van der Waals surface area (Å²) >= 11 is 0. The normalized spacial score (nSPS) is 22.9. The van der Waals surface area contributed by atoms with Crippen molar-refractivity contribution in [3.8, 4) is 0 Å². The van der Waals surface area contributed by atoms with Crippen molar-refractivity contribution in [1.82, 2.24) is 0 Å². The number of hydrogen-bond acceptors (Lipinski definition) is 2. The summed E-state index contributed by atoms with van der Waals surface area (Å²) in [6.45, 7) is 0. The maximum atomic E-state index is 12.1. The predicted molar refractivity (Wildman–Crippen MR) is 69.8 cm³/mol. The predicted octanol–water partition coefficient (Wildman–Crippen LogP) is 2.09. The van der Waals surface area contributed by atoms with Gasteiger partial charge in [0.2, 0.25) is 5.91 Å². The molecule has 1 amide bonds. The number of primary amides is 1. The Kier molecular flexibility index (Phi) is 4.13. The average molecular weight is 245 g/mol. The fourth-order valence-electron chi connectivity index (χ4n) is 2.78. The van der Waals surface area contributed by atoms with Gasteiger partial charge in [0.25, 0.3) is 0 Å². The lowest BCUT2D eigenvalue weighted by atomic mass is 9.88. The summed E-state index contributed by atoms with van der Waals surface area (Å²) in [5.74, 6) is -0.481. The highest BCUT2D eigenvalue weighted by molar-refractivity contribution is 5.88. The van der Waals surface area contributed by atoms with E-state index in [2.05, 4.69) is 0 Å². The van der Waals surface area contributed by atoms with Crippen LogP contribution >= 0.6 is 0 Å². The number of ketones is 1. The van der Waals surface area contributed by atoms with Crippen LogP contribution in [0.15, 0.2) is 30.3 Å². The van der Waals surface area contributed by atoms with Crippen LogP contribution in [0.25, 0.3) is 0 Å². The third kappa shape index (κ3) is 2.97. The van der Waals surface area contributed by atoms with Gasteiger partial charge in [0.15, 0.2) is 0 Å². The minimum absolute atomic E-state index is 0.133. The molecule has 0 unspecified atom stereocenters. The molecule has 1 fully saturated rings. The summed E-state index contributed by atoms with van der Waals surface area (Å²) in [5.41, 5.74) is 6.51. The molecule has 0 radical (unpaired) electrons. The van der Waals surface area contributed by atoms with E-state index in [9.17, 15) is 9.59 Å². The van der Waals surface area contributed by atoms with Gasteiger partial charge in [0.1, 0.15) is 5.78 Å². The van der Waals surface area contributed by atoms with Crippen molar-refractivity contribution in [2.45, 2.75) is 32.1 Å². The standard InChI is InChI=1S/C15H19NO2/c16-15(18)13-8-4-7-12(13)14(17)10-9-11-5-2-1-3-6-11/h1-3,5-6,12-13H,4,7-10H2,(H2,16,18)/t12-,13+/m0/s1. The van der Waals surface area contributed by atoms with Crippen molar-refractivity contribution in [1.29, 1.82) is 0 Å². The zero-order valence-corrected chi connectivity index (χ0v) is 10.5. The number of carbonyl (C=O) groups is 2. The third-order valence-corrected chi connectivity index (χ3v) is 3.80. The highest BCUT2D eigenvalue weighted by Gasteiger charge is 2.35. The van der Waals surface area contributed by atoms with Gasteiger partial charge in [-0.1, -0.05) is 36.8 Å². The molecule has 0 spiro atoms. The first-order valence-corrected chi connectivity index (χ1v) is 6.54. The number of rotatable bonds is 5. The van der Waals surface area contributed by atoms with Gasteiger partial charge in [0.05, 0.1) is 0 Å². The smallest absolute Gasteiger partial charge is 0.221 e. The average Bonchev–Trinajstić information content (AvgIpc) is 2.86. The van der Waals surface area contributed by atoms with Crippen LogP contribution in [0.3, 0.4) is 0 Å². The summed E-state index contributed by atoms with van der Waals surface area (Å²) in [6.07, 6.45) is 3.80. The fraction of sp³-hybridized carbons (Fsp3) is 0.467. The van der Waals surface area contributed by atoms with Gasteiger partial charge in [-0.15, -0.1) is 0 Å². The van der Waals surface area contributed by atoms with Crippen molar-refractivity contribution in [3.63, 3.8) is 0 Å². The Morgan fingerprint density at radius 2 is 1.78 bits per heavy atom. The minimum Gasteiger partial charge on any atom is -0.369 e. The van der Waals surface area contributed by atoms with Crippen LogP contribution in [0.5, 0.6) is 0 Å². The quantitative estimate of drug-likeness (QED) is 0.863. The molecule has 3 nitrogen and oxygen atoms in total. The lowest BCUT2D eigenvalue weighted by Gasteiger charge is -2.15. The largest absolute Gasteiger partial charge is 0.369 e. The number of carbonyl (C=O) groups excluding carboxylic acids is 2. The first-order chi connectivity index (χ1) is 8.68. The second-order valence-electron chi connectivity index (χ2n) is 5.00. The van der Waals surface area contributed by atoms with E-state index in [1.54, 1.807) is 0 Å². The maximum absolute atomic E-state index is 12.1. The Balaban J connectivity index is 1.90. The topological polar surface area (TPSA) is 60.2 Å². The van der Waals surface area contributed by atoms with Crippen molar-refractivity contribution in [3.05, 3.63) is 35.9 Å². The fourth-order valence-corrected chi connectivity index (χ4v) is 2.78. The molecule has 1 aromatic rings. The summed E-state index contributed by atoms with van der Waals surface area (Å²) in [4.78, 5) is 23.4. The van der Waals surface area contributed by atoms with Crippen LogP contribution in [-0.2, 0) is 16.0 Å². The third-order valence-electron chi connectivity index (χ3n) is 3.80. The van der Waals surface area contributed by atoms with Crippen molar-refractivity contribution >= 4 is 11.7 Å². The Morgan fingerprint density at radius 3 is 2.44 bits per heavy atom. The number of hydrogen-bond donors (Lipinski definition) is 1. The molecule has 1 aromatic carbocycles. The number of nitrogens with two attached hydrogens (primary N) is 1. The molecular weight excluding hydrogens is 226 g/mol. The van der Waals surface area contributed by atoms with Crippen LogP contribution in [-0.4, -0.2) is 11.7 Å². The summed E-state index contributed by atoms with van der Waals surface area (Å²) in [5, 5.41) is 0. The second kappa shape index (κ2) is 5.80. The van der Waals surface area contributed by atoms with E-state index in [-0.39, 0.29) is 23.5 Å². The first-order valence-electron chi connectivity index (χ1n) is 6.54. The summed E-state index contributed by atoms with van der Waals surface area (Å²) in [6, 6.07) is 9.95. The molecule has 96 valence electrons. The monoisotopic (exact) mass is 245 g/mol. The van der Waals surface area contributed by atoms with Gasteiger partial charge < -0.3 is 5.73 Å². The number of aryl methyl sites for hydroxylation is 1. The Bertz CT molecular complexity index is 427. The van der Waals surface area contributed by atoms with Crippen molar-refractivity contribution in [2.75, 3.05) is 0 Å². The molecule has 0 bridgehead atoms. The molecule has 0 aliphatic heterocycles. The summed E-state index contributed by atoms with van der Waals surface area (Å²) < 4.78 is 0. The molecule has 1 aliphatic rings. The van der Waals surface area contributed by atoms with Crippen LogP contribution in [0.1, 0.15) is 31.2 Å².